The Labute approximate surface area is 155 Å². The average molecular weight is 366 g/mol. The van der Waals surface area contributed by atoms with Gasteiger partial charge in [0.15, 0.2) is 5.82 Å². The molecule has 1 amide bonds. The third kappa shape index (κ3) is 3.64. The molecule has 3 aromatic rings. The first-order chi connectivity index (χ1) is 13.2. The molecule has 1 saturated carbocycles. The Balaban J connectivity index is 1.26. The van der Waals surface area contributed by atoms with Gasteiger partial charge < -0.3 is 10.6 Å². The largest absolute Gasteiger partial charge is 0.367 e. The van der Waals surface area contributed by atoms with Gasteiger partial charge in [-0.3, -0.25) is 4.79 Å². The molecule has 0 unspecified atom stereocenters. The number of anilines is 1. The van der Waals surface area contributed by atoms with E-state index in [9.17, 15) is 9.18 Å². The van der Waals surface area contributed by atoms with Crippen molar-refractivity contribution >= 4 is 11.7 Å². The minimum absolute atomic E-state index is 0.0176. The third-order valence-electron chi connectivity index (χ3n) is 4.69. The summed E-state index contributed by atoms with van der Waals surface area (Å²) in [6, 6.07) is 11.6. The number of amides is 1. The Morgan fingerprint density at radius 3 is 2.56 bits per heavy atom. The Hall–Kier alpha value is -3.29. The molecular weight excluding hydrogens is 347 g/mol. The van der Waals surface area contributed by atoms with E-state index in [-0.39, 0.29) is 11.7 Å². The molecule has 1 fully saturated rings. The van der Waals surface area contributed by atoms with Crippen molar-refractivity contribution < 1.29 is 9.18 Å². The number of halogens is 1. The van der Waals surface area contributed by atoms with Crippen molar-refractivity contribution in [2.24, 2.45) is 0 Å². The van der Waals surface area contributed by atoms with Crippen LogP contribution in [0.3, 0.4) is 0 Å². The maximum Gasteiger partial charge on any atom is 0.230 e. The molecule has 7 nitrogen and oxygen atoms in total. The summed E-state index contributed by atoms with van der Waals surface area (Å²) in [5.41, 5.74) is 0.369. The highest BCUT2D eigenvalue weighted by Gasteiger charge is 2.50. The molecule has 0 saturated heterocycles. The van der Waals surface area contributed by atoms with Crippen LogP contribution in [0.25, 0.3) is 5.82 Å². The molecule has 0 bridgehead atoms. The van der Waals surface area contributed by atoms with Crippen LogP contribution in [-0.4, -0.2) is 39.0 Å². The standard InChI is InChI=1S/C19H19FN6O/c20-15-4-2-14(3-5-15)19(8-9-19)18(27)22-12-11-21-16-6-7-17(25-24-16)26-13-1-10-23-26/h1-7,10,13H,8-9,11-12H2,(H,21,24)(H,22,27). The van der Waals surface area contributed by atoms with Crippen LogP contribution in [0.1, 0.15) is 18.4 Å². The molecule has 8 heteroatoms. The van der Waals surface area contributed by atoms with Crippen LogP contribution in [0.5, 0.6) is 0 Å². The molecule has 2 N–H and O–H groups in total. The Bertz CT molecular complexity index is 904. The van der Waals surface area contributed by atoms with E-state index in [4.69, 9.17) is 0 Å². The highest BCUT2D eigenvalue weighted by Crippen LogP contribution is 2.48. The molecule has 2 heterocycles. The number of carbonyl (C=O) groups excluding carboxylic acids is 1. The summed E-state index contributed by atoms with van der Waals surface area (Å²) in [4.78, 5) is 12.5. The van der Waals surface area contributed by atoms with Crippen molar-refractivity contribution in [3.63, 3.8) is 0 Å². The number of benzene rings is 1. The zero-order chi connectivity index (χ0) is 18.7. The van der Waals surface area contributed by atoms with E-state index in [0.29, 0.717) is 24.7 Å². The SMILES string of the molecule is O=C(NCCNc1ccc(-n2cccn2)nn1)C1(c2ccc(F)cc2)CC1. The minimum Gasteiger partial charge on any atom is -0.367 e. The van der Waals surface area contributed by atoms with Gasteiger partial charge in [0.1, 0.15) is 11.6 Å². The monoisotopic (exact) mass is 366 g/mol. The number of aromatic nitrogens is 4. The zero-order valence-corrected chi connectivity index (χ0v) is 14.6. The number of carbonyl (C=O) groups is 1. The van der Waals surface area contributed by atoms with Crippen molar-refractivity contribution in [3.05, 3.63) is 66.2 Å². The highest BCUT2D eigenvalue weighted by atomic mass is 19.1. The first-order valence-electron chi connectivity index (χ1n) is 8.79. The van der Waals surface area contributed by atoms with Crippen molar-refractivity contribution in [3.8, 4) is 5.82 Å². The summed E-state index contributed by atoms with van der Waals surface area (Å²) in [6.07, 6.45) is 5.05. The second-order valence-corrected chi connectivity index (χ2v) is 6.50. The molecular formula is C19H19FN6O. The summed E-state index contributed by atoms with van der Waals surface area (Å²) in [5, 5.41) is 18.4. The van der Waals surface area contributed by atoms with E-state index >= 15 is 0 Å². The number of nitrogens with zero attached hydrogens (tertiary/aromatic N) is 4. The van der Waals surface area contributed by atoms with Crippen LogP contribution < -0.4 is 10.6 Å². The normalized spacial score (nSPS) is 14.6. The van der Waals surface area contributed by atoms with Crippen LogP contribution in [0.2, 0.25) is 0 Å². The van der Waals surface area contributed by atoms with Gasteiger partial charge in [-0.25, -0.2) is 9.07 Å². The fourth-order valence-electron chi connectivity index (χ4n) is 3.02. The lowest BCUT2D eigenvalue weighted by Gasteiger charge is -2.16. The third-order valence-corrected chi connectivity index (χ3v) is 4.69. The van der Waals surface area contributed by atoms with Gasteiger partial charge in [-0.15, -0.1) is 10.2 Å². The Kier molecular flexibility index (Phi) is 4.53. The van der Waals surface area contributed by atoms with Crippen molar-refractivity contribution in [1.29, 1.82) is 0 Å². The minimum atomic E-state index is -0.501. The molecule has 0 radical (unpaired) electrons. The van der Waals surface area contributed by atoms with Gasteiger partial charge in [0.25, 0.3) is 0 Å². The van der Waals surface area contributed by atoms with Gasteiger partial charge in [-0.2, -0.15) is 5.10 Å². The predicted octanol–water partition coefficient (Wildman–Crippen LogP) is 2.06. The zero-order valence-electron chi connectivity index (χ0n) is 14.6. The molecule has 138 valence electrons. The predicted molar refractivity (Wildman–Crippen MR) is 98.0 cm³/mol. The lowest BCUT2D eigenvalue weighted by molar-refractivity contribution is -0.123. The number of nitrogens with one attached hydrogen (secondary N) is 2. The maximum atomic E-state index is 13.1. The molecule has 4 rings (SSSR count). The summed E-state index contributed by atoms with van der Waals surface area (Å²) in [5.74, 6) is 0.948. The summed E-state index contributed by atoms with van der Waals surface area (Å²) in [7, 11) is 0. The fourth-order valence-corrected chi connectivity index (χ4v) is 3.02. The molecule has 1 aliphatic carbocycles. The second kappa shape index (κ2) is 7.14. The molecule has 0 atom stereocenters. The molecule has 1 aliphatic rings. The van der Waals surface area contributed by atoms with Gasteiger partial charge in [-0.05, 0) is 48.7 Å². The highest BCUT2D eigenvalue weighted by molar-refractivity contribution is 5.91. The van der Waals surface area contributed by atoms with Gasteiger partial charge in [0.05, 0.1) is 5.41 Å². The van der Waals surface area contributed by atoms with E-state index in [1.54, 1.807) is 29.2 Å². The Morgan fingerprint density at radius 1 is 1.11 bits per heavy atom. The lowest BCUT2D eigenvalue weighted by Crippen LogP contribution is -2.37. The summed E-state index contributed by atoms with van der Waals surface area (Å²) in [6.45, 7) is 0.991. The first kappa shape index (κ1) is 17.1. The van der Waals surface area contributed by atoms with Gasteiger partial charge in [-0.1, -0.05) is 12.1 Å². The van der Waals surface area contributed by atoms with Crippen LogP contribution >= 0.6 is 0 Å². The number of hydrogen-bond donors (Lipinski definition) is 2. The van der Waals surface area contributed by atoms with E-state index in [1.807, 2.05) is 18.2 Å². The Morgan fingerprint density at radius 2 is 1.93 bits per heavy atom. The smallest absolute Gasteiger partial charge is 0.230 e. The lowest BCUT2D eigenvalue weighted by atomic mass is 9.95. The summed E-state index contributed by atoms with van der Waals surface area (Å²) < 4.78 is 14.7. The van der Waals surface area contributed by atoms with E-state index < -0.39 is 5.41 Å². The van der Waals surface area contributed by atoms with Gasteiger partial charge >= 0.3 is 0 Å². The van der Waals surface area contributed by atoms with Gasteiger partial charge in [0.2, 0.25) is 5.91 Å². The number of hydrogen-bond acceptors (Lipinski definition) is 5. The molecule has 1 aromatic carbocycles. The average Bonchev–Trinajstić information content (AvgIpc) is 3.32. The van der Waals surface area contributed by atoms with Crippen LogP contribution in [0.15, 0.2) is 54.9 Å². The van der Waals surface area contributed by atoms with E-state index in [0.717, 1.165) is 18.4 Å². The van der Waals surface area contributed by atoms with Crippen molar-refractivity contribution in [1.82, 2.24) is 25.3 Å². The number of rotatable bonds is 7. The van der Waals surface area contributed by atoms with E-state index in [1.165, 1.54) is 12.1 Å². The van der Waals surface area contributed by atoms with Crippen LogP contribution in [-0.2, 0) is 10.2 Å². The van der Waals surface area contributed by atoms with Gasteiger partial charge in [0, 0.05) is 25.5 Å². The molecule has 27 heavy (non-hydrogen) atoms. The maximum absolute atomic E-state index is 13.1. The topological polar surface area (TPSA) is 84.7 Å². The van der Waals surface area contributed by atoms with E-state index in [2.05, 4.69) is 25.9 Å². The molecule has 0 aliphatic heterocycles. The fraction of sp³-hybridized carbons (Fsp3) is 0.263. The molecule has 2 aromatic heterocycles. The van der Waals surface area contributed by atoms with Crippen LogP contribution in [0.4, 0.5) is 10.2 Å². The second-order valence-electron chi connectivity index (χ2n) is 6.50. The van der Waals surface area contributed by atoms with Crippen LogP contribution in [0, 0.1) is 5.82 Å². The van der Waals surface area contributed by atoms with Crippen molar-refractivity contribution in [2.45, 2.75) is 18.3 Å². The van der Waals surface area contributed by atoms with Crippen molar-refractivity contribution in [2.75, 3.05) is 18.4 Å². The first-order valence-corrected chi connectivity index (χ1v) is 8.79. The summed E-state index contributed by atoms with van der Waals surface area (Å²) >= 11 is 0. The molecule has 0 spiro atoms. The quantitative estimate of drug-likeness (QED) is 0.625.